The zero-order chi connectivity index (χ0) is 15.2. The third-order valence-electron chi connectivity index (χ3n) is 3.62. The van der Waals surface area contributed by atoms with E-state index in [1.54, 1.807) is 14.2 Å². The summed E-state index contributed by atoms with van der Waals surface area (Å²) >= 11 is 0. The Morgan fingerprint density at radius 3 is 2.40 bits per heavy atom. The Hall–Kier alpha value is -1.22. The van der Waals surface area contributed by atoms with Gasteiger partial charge in [0.2, 0.25) is 0 Å². The van der Waals surface area contributed by atoms with Crippen molar-refractivity contribution in [1.29, 1.82) is 0 Å². The van der Waals surface area contributed by atoms with Gasteiger partial charge in [-0.25, -0.2) is 0 Å². The van der Waals surface area contributed by atoms with E-state index in [0.29, 0.717) is 5.92 Å². The lowest BCUT2D eigenvalue weighted by atomic mass is 9.81. The Labute approximate surface area is 123 Å². The monoisotopic (exact) mass is 279 g/mol. The second kappa shape index (κ2) is 7.53. The average Bonchev–Trinajstić information content (AvgIpc) is 2.42. The highest BCUT2D eigenvalue weighted by Crippen LogP contribution is 2.36. The highest BCUT2D eigenvalue weighted by Gasteiger charge is 2.24. The fourth-order valence-electron chi connectivity index (χ4n) is 2.27. The van der Waals surface area contributed by atoms with Crippen LogP contribution in [0.3, 0.4) is 0 Å². The van der Waals surface area contributed by atoms with Gasteiger partial charge in [-0.3, -0.25) is 0 Å². The van der Waals surface area contributed by atoms with Gasteiger partial charge < -0.3 is 14.8 Å². The first-order valence-electron chi connectivity index (χ1n) is 7.34. The lowest BCUT2D eigenvalue weighted by molar-refractivity contribution is 0.373. The Kier molecular flexibility index (Phi) is 6.34. The van der Waals surface area contributed by atoms with Gasteiger partial charge in [0.15, 0.2) is 0 Å². The van der Waals surface area contributed by atoms with E-state index < -0.39 is 0 Å². The van der Waals surface area contributed by atoms with Crippen LogP contribution in [0.4, 0.5) is 0 Å². The first-order chi connectivity index (χ1) is 9.40. The number of methoxy groups -OCH3 is 2. The van der Waals surface area contributed by atoms with Crippen molar-refractivity contribution in [3.8, 4) is 11.5 Å². The molecule has 0 saturated heterocycles. The first-order valence-corrected chi connectivity index (χ1v) is 7.34. The quantitative estimate of drug-likeness (QED) is 0.737. The summed E-state index contributed by atoms with van der Waals surface area (Å²) in [7, 11) is 3.42. The maximum Gasteiger partial charge on any atom is 0.122 e. The fourth-order valence-corrected chi connectivity index (χ4v) is 2.27. The molecule has 3 nitrogen and oxygen atoms in total. The first kappa shape index (κ1) is 16.8. The molecule has 1 aromatic rings. The molecular formula is C17H29NO2. The van der Waals surface area contributed by atoms with Crippen molar-refractivity contribution >= 4 is 0 Å². The van der Waals surface area contributed by atoms with Crippen LogP contribution in [0.5, 0.6) is 11.5 Å². The Morgan fingerprint density at radius 2 is 1.85 bits per heavy atom. The van der Waals surface area contributed by atoms with Gasteiger partial charge in [0.1, 0.15) is 11.5 Å². The highest BCUT2D eigenvalue weighted by atomic mass is 16.5. The van der Waals surface area contributed by atoms with Gasteiger partial charge in [-0.05, 0) is 49.0 Å². The normalized spacial score (nSPS) is 11.8. The summed E-state index contributed by atoms with van der Waals surface area (Å²) in [6, 6.07) is 6.01. The molecule has 0 spiro atoms. The molecule has 0 saturated carbocycles. The molecule has 0 aliphatic heterocycles. The zero-order valence-corrected chi connectivity index (χ0v) is 13.7. The lowest BCUT2D eigenvalue weighted by Gasteiger charge is -2.28. The molecule has 0 fully saturated rings. The van der Waals surface area contributed by atoms with Crippen LogP contribution in [0, 0.1) is 5.92 Å². The predicted octanol–water partition coefficient (Wildman–Crippen LogP) is 3.62. The molecule has 0 unspecified atom stereocenters. The van der Waals surface area contributed by atoms with Gasteiger partial charge in [0.25, 0.3) is 0 Å². The number of hydrogen-bond acceptors (Lipinski definition) is 3. The van der Waals surface area contributed by atoms with E-state index >= 15 is 0 Å². The maximum atomic E-state index is 5.50. The van der Waals surface area contributed by atoms with E-state index in [4.69, 9.17) is 9.47 Å². The van der Waals surface area contributed by atoms with Crippen molar-refractivity contribution in [1.82, 2.24) is 5.32 Å². The summed E-state index contributed by atoms with van der Waals surface area (Å²) < 4.78 is 10.8. The Morgan fingerprint density at radius 1 is 1.15 bits per heavy atom. The van der Waals surface area contributed by atoms with Gasteiger partial charge >= 0.3 is 0 Å². The molecule has 3 heteroatoms. The zero-order valence-electron chi connectivity index (χ0n) is 13.7. The molecule has 114 valence electrons. The van der Waals surface area contributed by atoms with Crippen LogP contribution in [0.1, 0.15) is 39.7 Å². The van der Waals surface area contributed by atoms with Crippen molar-refractivity contribution < 1.29 is 9.47 Å². The Balaban J connectivity index is 2.79. The second-order valence-corrected chi connectivity index (χ2v) is 6.30. The number of rotatable bonds is 8. The SMILES string of the molecule is COc1ccc(OC)c(C(C)(C)CCNCC(C)C)c1. The molecular weight excluding hydrogens is 250 g/mol. The van der Waals surface area contributed by atoms with Crippen LogP contribution < -0.4 is 14.8 Å². The van der Waals surface area contributed by atoms with E-state index in [9.17, 15) is 0 Å². The van der Waals surface area contributed by atoms with Gasteiger partial charge in [-0.2, -0.15) is 0 Å². The van der Waals surface area contributed by atoms with Crippen LogP contribution in [-0.4, -0.2) is 27.3 Å². The predicted molar refractivity (Wildman–Crippen MR) is 84.9 cm³/mol. The molecule has 0 atom stereocenters. The van der Waals surface area contributed by atoms with Crippen molar-refractivity contribution in [2.24, 2.45) is 5.92 Å². The molecule has 1 aromatic carbocycles. The largest absolute Gasteiger partial charge is 0.497 e. The molecule has 20 heavy (non-hydrogen) atoms. The summed E-state index contributed by atoms with van der Waals surface area (Å²) in [5.74, 6) is 2.49. The van der Waals surface area contributed by atoms with Gasteiger partial charge in [0, 0.05) is 5.56 Å². The van der Waals surface area contributed by atoms with Crippen LogP contribution in [0.2, 0.25) is 0 Å². The van der Waals surface area contributed by atoms with E-state index in [-0.39, 0.29) is 5.41 Å². The molecule has 1 N–H and O–H groups in total. The molecule has 0 radical (unpaired) electrons. The van der Waals surface area contributed by atoms with Gasteiger partial charge in [-0.1, -0.05) is 27.7 Å². The summed E-state index contributed by atoms with van der Waals surface area (Å²) in [6.07, 6.45) is 1.06. The minimum Gasteiger partial charge on any atom is -0.497 e. The molecule has 0 heterocycles. The summed E-state index contributed by atoms with van der Waals surface area (Å²) in [5, 5.41) is 3.50. The molecule has 0 aromatic heterocycles. The number of nitrogens with one attached hydrogen (secondary N) is 1. The van der Waals surface area contributed by atoms with E-state index in [1.807, 2.05) is 12.1 Å². The summed E-state index contributed by atoms with van der Waals surface area (Å²) in [4.78, 5) is 0. The van der Waals surface area contributed by atoms with Crippen molar-refractivity contribution in [3.63, 3.8) is 0 Å². The van der Waals surface area contributed by atoms with E-state index in [0.717, 1.165) is 31.0 Å². The molecule has 0 aliphatic rings. The van der Waals surface area contributed by atoms with Crippen molar-refractivity contribution in [3.05, 3.63) is 23.8 Å². The third-order valence-corrected chi connectivity index (χ3v) is 3.62. The van der Waals surface area contributed by atoms with E-state index in [2.05, 4.69) is 39.1 Å². The molecule has 1 rings (SSSR count). The topological polar surface area (TPSA) is 30.5 Å². The summed E-state index contributed by atoms with van der Waals surface area (Å²) in [6.45, 7) is 11.0. The van der Waals surface area contributed by atoms with E-state index in [1.165, 1.54) is 5.56 Å². The standard InChI is InChI=1S/C17H29NO2/c1-13(2)12-18-10-9-17(3,4)15-11-14(19-5)7-8-16(15)20-6/h7-8,11,13,18H,9-10,12H2,1-6H3. The van der Waals surface area contributed by atoms with Gasteiger partial charge in [0.05, 0.1) is 14.2 Å². The number of hydrogen-bond donors (Lipinski definition) is 1. The lowest BCUT2D eigenvalue weighted by Crippen LogP contribution is -2.28. The smallest absolute Gasteiger partial charge is 0.122 e. The summed E-state index contributed by atoms with van der Waals surface area (Å²) in [5.41, 5.74) is 1.25. The van der Waals surface area contributed by atoms with Crippen LogP contribution in [-0.2, 0) is 5.41 Å². The van der Waals surface area contributed by atoms with Gasteiger partial charge in [-0.15, -0.1) is 0 Å². The third kappa shape index (κ3) is 4.71. The van der Waals surface area contributed by atoms with Crippen molar-refractivity contribution in [2.75, 3.05) is 27.3 Å². The maximum absolute atomic E-state index is 5.50. The molecule has 0 aliphatic carbocycles. The minimum atomic E-state index is 0.0455. The second-order valence-electron chi connectivity index (χ2n) is 6.30. The average molecular weight is 279 g/mol. The molecule has 0 bridgehead atoms. The van der Waals surface area contributed by atoms with Crippen molar-refractivity contribution in [2.45, 2.75) is 39.5 Å². The highest BCUT2D eigenvalue weighted by molar-refractivity contribution is 5.44. The minimum absolute atomic E-state index is 0.0455. The van der Waals surface area contributed by atoms with Crippen LogP contribution in [0.25, 0.3) is 0 Å². The van der Waals surface area contributed by atoms with Crippen LogP contribution >= 0.6 is 0 Å². The number of benzene rings is 1. The number of ether oxygens (including phenoxy) is 2. The molecule has 0 amide bonds. The Bertz CT molecular complexity index is 413. The fraction of sp³-hybridized carbons (Fsp3) is 0.647. The van der Waals surface area contributed by atoms with Crippen LogP contribution in [0.15, 0.2) is 18.2 Å².